The number of rotatable bonds is 6. The summed E-state index contributed by atoms with van der Waals surface area (Å²) in [4.78, 5) is 0. The van der Waals surface area contributed by atoms with Crippen LogP contribution in [-0.2, 0) is 0 Å². The normalized spacial score (nSPS) is 14.0. The zero-order chi connectivity index (χ0) is 42.7. The van der Waals surface area contributed by atoms with Crippen LogP contribution in [0.2, 0.25) is 0 Å². The molecule has 1 fully saturated rings. The lowest BCUT2D eigenvalue weighted by atomic mass is 9.12. The Balaban J connectivity index is 0.000000544. The first-order valence-corrected chi connectivity index (χ1v) is 15.9. The number of nitrogens with zero attached hydrogens (tertiary/aromatic N) is 1. The van der Waals surface area contributed by atoms with Crippen molar-refractivity contribution in [3.05, 3.63) is 116 Å². The summed E-state index contributed by atoms with van der Waals surface area (Å²) in [6.07, 6.45) is 0.103. The smallest absolute Gasteiger partial charge is 0.200 e. The van der Waals surface area contributed by atoms with Crippen LogP contribution in [0, 0.1) is 116 Å². The maximum atomic E-state index is 15.4. The van der Waals surface area contributed by atoms with Gasteiger partial charge in [0.15, 0.2) is 69.8 Å². The van der Waals surface area contributed by atoms with Crippen LogP contribution in [0.4, 0.5) is 87.8 Å². The SMILES string of the molecule is CC[N+](C)(C)C1CCCCC1.Fc1c(F)c(F)c([B-](c2c(F)c(F)c(F)c(F)c2F)(c2c(F)c(F)c(F)c(F)c2F)c2c(F)c(F)c(F)c(F)c2F)c(F)c1F. The van der Waals surface area contributed by atoms with Gasteiger partial charge in [0, 0.05) is 0 Å². The zero-order valence-electron chi connectivity index (χ0n) is 28.4. The molecule has 1 saturated carbocycles. The Morgan fingerprint density at radius 1 is 0.339 bits per heavy atom. The summed E-state index contributed by atoms with van der Waals surface area (Å²) in [6.45, 7) is 3.58. The van der Waals surface area contributed by atoms with Gasteiger partial charge in [-0.25, -0.2) is 87.8 Å². The average Bonchev–Trinajstić information content (AvgIpc) is 3.18. The maximum Gasteiger partial charge on any atom is 0.200 e. The quantitative estimate of drug-likeness (QED) is 0.0604. The number of halogens is 20. The van der Waals surface area contributed by atoms with E-state index in [2.05, 4.69) is 21.0 Å². The number of hydrogen-bond acceptors (Lipinski definition) is 0. The molecule has 1 aliphatic rings. The van der Waals surface area contributed by atoms with Gasteiger partial charge in [-0.3, -0.25) is 0 Å². The van der Waals surface area contributed by atoms with E-state index in [-0.39, 0.29) is 0 Å². The van der Waals surface area contributed by atoms with Crippen LogP contribution in [0.25, 0.3) is 0 Å². The van der Waals surface area contributed by atoms with E-state index >= 15 is 35.1 Å². The van der Waals surface area contributed by atoms with E-state index in [0.717, 1.165) is 6.04 Å². The Kier molecular flexibility index (Phi) is 12.5. The third-order valence-corrected chi connectivity index (χ3v) is 10.1. The zero-order valence-corrected chi connectivity index (χ0v) is 28.4. The fourth-order valence-corrected chi connectivity index (χ4v) is 6.91. The van der Waals surface area contributed by atoms with E-state index in [9.17, 15) is 52.7 Å². The molecule has 0 heterocycles. The van der Waals surface area contributed by atoms with Gasteiger partial charge in [-0.2, -0.15) is 0 Å². The van der Waals surface area contributed by atoms with E-state index in [1.54, 1.807) is 0 Å². The first kappa shape index (κ1) is 44.2. The monoisotopic (exact) mass is 835 g/mol. The first-order valence-electron chi connectivity index (χ1n) is 15.9. The van der Waals surface area contributed by atoms with Gasteiger partial charge >= 0.3 is 0 Å². The molecule has 0 saturated heterocycles. The third kappa shape index (κ3) is 6.63. The van der Waals surface area contributed by atoms with Gasteiger partial charge in [0.25, 0.3) is 0 Å². The maximum absolute atomic E-state index is 15.4. The molecule has 0 radical (unpaired) electrons. The summed E-state index contributed by atoms with van der Waals surface area (Å²) in [5.74, 6) is -71.4. The van der Waals surface area contributed by atoms with Gasteiger partial charge in [0.05, 0.1) is 26.7 Å². The Labute approximate surface area is 302 Å². The van der Waals surface area contributed by atoms with Crippen molar-refractivity contribution in [2.75, 3.05) is 20.6 Å². The minimum absolute atomic E-state index is 0.953. The van der Waals surface area contributed by atoms with Crippen molar-refractivity contribution in [1.29, 1.82) is 0 Å². The summed E-state index contributed by atoms with van der Waals surface area (Å²) >= 11 is 0. The minimum Gasteiger partial charge on any atom is -0.326 e. The molecule has 306 valence electrons. The van der Waals surface area contributed by atoms with Gasteiger partial charge < -0.3 is 4.48 Å². The van der Waals surface area contributed by atoms with Crippen LogP contribution in [-0.4, -0.2) is 37.3 Å². The summed E-state index contributed by atoms with van der Waals surface area (Å²) in [5, 5.41) is 0. The van der Waals surface area contributed by atoms with Crippen molar-refractivity contribution in [2.24, 2.45) is 0 Å². The number of hydrogen-bond donors (Lipinski definition) is 0. The van der Waals surface area contributed by atoms with Crippen molar-refractivity contribution in [3.8, 4) is 0 Å². The van der Waals surface area contributed by atoms with Crippen LogP contribution in [0.5, 0.6) is 0 Å². The molecule has 0 atom stereocenters. The second-order valence-corrected chi connectivity index (χ2v) is 13.2. The fourth-order valence-electron chi connectivity index (χ4n) is 6.91. The molecular weight excluding hydrogens is 813 g/mol. The standard InChI is InChI=1S/C24BF20.C10H22N/c26-5-1(6(27)14(35)21(42)13(5)34)25(2-7(28)15(36)22(43)16(37)8(2)29,3-9(30)17(38)23(44)18(39)10(3)31)4-11(32)19(40)24(45)20(41)12(4)33;1-4-11(2,3)10-8-6-5-7-9-10/h;10H,4-9H2,1-3H3/q-1;+1. The predicted octanol–water partition coefficient (Wildman–Crippen LogP) is 8.26. The number of quaternary nitrogens is 1. The Hall–Kier alpha value is -4.50. The van der Waals surface area contributed by atoms with Crippen LogP contribution >= 0.6 is 0 Å². The molecule has 0 aliphatic heterocycles. The van der Waals surface area contributed by atoms with Gasteiger partial charge in [-0.1, -0.05) is 6.42 Å². The molecule has 0 N–H and O–H groups in total. The predicted molar refractivity (Wildman–Crippen MR) is 159 cm³/mol. The summed E-state index contributed by atoms with van der Waals surface area (Å²) in [7, 11) is 4.74. The molecule has 1 nitrogen and oxygen atoms in total. The van der Waals surface area contributed by atoms with E-state index < -0.39 is 144 Å². The molecule has 0 bridgehead atoms. The van der Waals surface area contributed by atoms with Crippen LogP contribution < -0.4 is 21.9 Å². The van der Waals surface area contributed by atoms with Crippen molar-refractivity contribution < 1.29 is 92.3 Å². The first-order chi connectivity index (χ1) is 25.9. The Bertz CT molecular complexity index is 1830. The highest BCUT2D eigenvalue weighted by Gasteiger charge is 2.52. The van der Waals surface area contributed by atoms with Crippen LogP contribution in [0.1, 0.15) is 39.0 Å². The Morgan fingerprint density at radius 2 is 0.518 bits per heavy atom. The van der Waals surface area contributed by atoms with Gasteiger partial charge in [0.2, 0.25) is 0 Å². The highest BCUT2D eigenvalue weighted by molar-refractivity contribution is 7.20. The fraction of sp³-hybridized carbons (Fsp3) is 0.294. The van der Waals surface area contributed by atoms with Crippen LogP contribution in [0.3, 0.4) is 0 Å². The molecule has 1 aliphatic carbocycles. The molecule has 0 unspecified atom stereocenters. The number of benzene rings is 4. The Morgan fingerprint density at radius 3 is 0.696 bits per heavy atom. The topological polar surface area (TPSA) is 0 Å². The summed E-state index contributed by atoms with van der Waals surface area (Å²) < 4.78 is 295. The molecule has 0 amide bonds. The van der Waals surface area contributed by atoms with E-state index in [1.807, 2.05) is 0 Å². The summed E-state index contributed by atoms with van der Waals surface area (Å²) in [6, 6.07) is 0.953. The molecule has 0 aromatic heterocycles. The van der Waals surface area contributed by atoms with E-state index in [4.69, 9.17) is 0 Å². The molecule has 4 aromatic rings. The van der Waals surface area contributed by atoms with Crippen molar-refractivity contribution in [1.82, 2.24) is 0 Å². The van der Waals surface area contributed by atoms with Gasteiger partial charge in [-0.15, -0.1) is 21.9 Å². The lowest BCUT2D eigenvalue weighted by Crippen LogP contribution is -2.81. The minimum atomic E-state index is -7.22. The van der Waals surface area contributed by atoms with Gasteiger partial charge in [-0.05, 0) is 32.6 Å². The molecular formula is C34H22BF20N. The van der Waals surface area contributed by atoms with Crippen molar-refractivity contribution >= 4 is 28.0 Å². The summed E-state index contributed by atoms with van der Waals surface area (Å²) in [5.41, 5.74) is -14.3. The molecule has 22 heteroatoms. The van der Waals surface area contributed by atoms with Crippen molar-refractivity contribution in [3.63, 3.8) is 0 Å². The second kappa shape index (κ2) is 15.8. The molecule has 4 aromatic carbocycles. The van der Waals surface area contributed by atoms with Crippen LogP contribution in [0.15, 0.2) is 0 Å². The largest absolute Gasteiger partial charge is 0.326 e. The molecule has 56 heavy (non-hydrogen) atoms. The lowest BCUT2D eigenvalue weighted by Gasteiger charge is -2.44. The third-order valence-electron chi connectivity index (χ3n) is 10.1. The molecule has 0 spiro atoms. The van der Waals surface area contributed by atoms with Gasteiger partial charge in [0.1, 0.15) is 52.7 Å². The van der Waals surface area contributed by atoms with E-state index in [1.165, 1.54) is 43.1 Å². The highest BCUT2D eigenvalue weighted by Crippen LogP contribution is 2.31. The van der Waals surface area contributed by atoms with Crippen molar-refractivity contribution in [2.45, 2.75) is 45.1 Å². The lowest BCUT2D eigenvalue weighted by molar-refractivity contribution is -0.914. The second-order valence-electron chi connectivity index (χ2n) is 13.2. The average molecular weight is 835 g/mol. The highest BCUT2D eigenvalue weighted by atomic mass is 19.2. The molecule has 5 rings (SSSR count). The van der Waals surface area contributed by atoms with E-state index in [0.29, 0.717) is 0 Å².